The number of sulfone groups is 1. The first-order valence-electron chi connectivity index (χ1n) is 4.83. The second-order valence-corrected chi connectivity index (χ2v) is 6.25. The molecule has 0 saturated carbocycles. The SMILES string of the molecule is O=S1(=O)CCC(NC2CNC2)CC1. The van der Waals surface area contributed by atoms with Crippen LogP contribution in [0, 0.1) is 0 Å². The summed E-state index contributed by atoms with van der Waals surface area (Å²) >= 11 is 0. The van der Waals surface area contributed by atoms with Crippen molar-refractivity contribution in [1.82, 2.24) is 10.6 Å². The summed E-state index contributed by atoms with van der Waals surface area (Å²) in [6.07, 6.45) is 1.58. The van der Waals surface area contributed by atoms with Gasteiger partial charge in [0.15, 0.2) is 0 Å². The topological polar surface area (TPSA) is 58.2 Å². The third kappa shape index (κ3) is 2.42. The van der Waals surface area contributed by atoms with Crippen LogP contribution in [-0.4, -0.2) is 45.1 Å². The Bertz CT molecular complexity index is 258. The second kappa shape index (κ2) is 3.55. The molecule has 0 unspecified atom stereocenters. The van der Waals surface area contributed by atoms with Gasteiger partial charge < -0.3 is 10.6 Å². The lowest BCUT2D eigenvalue weighted by molar-refractivity contribution is 0.315. The first-order valence-corrected chi connectivity index (χ1v) is 6.65. The van der Waals surface area contributed by atoms with Crippen molar-refractivity contribution in [2.24, 2.45) is 0 Å². The zero-order valence-electron chi connectivity index (χ0n) is 7.62. The molecule has 0 bridgehead atoms. The second-order valence-electron chi connectivity index (χ2n) is 3.95. The van der Waals surface area contributed by atoms with Crippen LogP contribution in [0.4, 0.5) is 0 Å². The van der Waals surface area contributed by atoms with Crippen molar-refractivity contribution in [2.75, 3.05) is 24.6 Å². The van der Waals surface area contributed by atoms with E-state index in [1.54, 1.807) is 0 Å². The van der Waals surface area contributed by atoms with E-state index in [4.69, 9.17) is 0 Å². The minimum Gasteiger partial charge on any atom is -0.314 e. The molecule has 0 atom stereocenters. The fraction of sp³-hybridized carbons (Fsp3) is 1.00. The number of hydrogen-bond acceptors (Lipinski definition) is 4. The molecule has 0 aliphatic carbocycles. The van der Waals surface area contributed by atoms with Gasteiger partial charge in [-0.3, -0.25) is 0 Å². The van der Waals surface area contributed by atoms with E-state index in [-0.39, 0.29) is 0 Å². The Kier molecular flexibility index (Phi) is 2.58. The lowest BCUT2D eigenvalue weighted by atomic mass is 10.1. The summed E-state index contributed by atoms with van der Waals surface area (Å²) in [5.41, 5.74) is 0. The highest BCUT2D eigenvalue weighted by atomic mass is 32.2. The van der Waals surface area contributed by atoms with Gasteiger partial charge in [-0.2, -0.15) is 0 Å². The largest absolute Gasteiger partial charge is 0.314 e. The normalized spacial score (nSPS) is 29.8. The van der Waals surface area contributed by atoms with E-state index in [0.717, 1.165) is 25.9 Å². The van der Waals surface area contributed by atoms with Crippen molar-refractivity contribution in [3.8, 4) is 0 Å². The van der Waals surface area contributed by atoms with E-state index in [9.17, 15) is 8.42 Å². The molecule has 2 saturated heterocycles. The van der Waals surface area contributed by atoms with E-state index in [1.165, 1.54) is 0 Å². The molecule has 2 heterocycles. The summed E-state index contributed by atoms with van der Waals surface area (Å²) in [5.74, 6) is 0.732. The summed E-state index contributed by atoms with van der Waals surface area (Å²) in [6, 6.07) is 1.00. The average Bonchev–Trinajstić information content (AvgIpc) is 1.99. The standard InChI is InChI=1S/C8H16N2O2S/c11-13(12)3-1-7(2-4-13)10-8-5-9-6-8/h7-10H,1-6H2. The van der Waals surface area contributed by atoms with Gasteiger partial charge in [-0.1, -0.05) is 0 Å². The molecule has 0 radical (unpaired) electrons. The average molecular weight is 204 g/mol. The number of hydrogen-bond donors (Lipinski definition) is 2. The van der Waals surface area contributed by atoms with Crippen molar-refractivity contribution >= 4 is 9.84 Å². The molecule has 2 N–H and O–H groups in total. The van der Waals surface area contributed by atoms with Crippen LogP contribution < -0.4 is 10.6 Å². The van der Waals surface area contributed by atoms with Crippen LogP contribution in [0.3, 0.4) is 0 Å². The van der Waals surface area contributed by atoms with E-state index < -0.39 is 9.84 Å². The maximum Gasteiger partial charge on any atom is 0.150 e. The van der Waals surface area contributed by atoms with Gasteiger partial charge in [-0.15, -0.1) is 0 Å². The van der Waals surface area contributed by atoms with E-state index in [0.29, 0.717) is 23.6 Å². The Balaban J connectivity index is 1.77. The Morgan fingerprint density at radius 1 is 1.08 bits per heavy atom. The molecule has 2 aliphatic rings. The van der Waals surface area contributed by atoms with E-state index >= 15 is 0 Å². The van der Waals surface area contributed by atoms with Gasteiger partial charge in [0.1, 0.15) is 9.84 Å². The van der Waals surface area contributed by atoms with Crippen molar-refractivity contribution < 1.29 is 8.42 Å². The molecule has 0 amide bonds. The molecule has 4 nitrogen and oxygen atoms in total. The predicted octanol–water partition coefficient (Wildman–Crippen LogP) is -0.875. The van der Waals surface area contributed by atoms with E-state index in [2.05, 4.69) is 10.6 Å². The summed E-state index contributed by atoms with van der Waals surface area (Å²) in [5, 5.41) is 6.65. The van der Waals surface area contributed by atoms with Gasteiger partial charge in [0.25, 0.3) is 0 Å². The minimum atomic E-state index is -2.70. The summed E-state index contributed by atoms with van der Waals surface area (Å²) in [7, 11) is -2.70. The summed E-state index contributed by atoms with van der Waals surface area (Å²) < 4.78 is 22.3. The van der Waals surface area contributed by atoms with Gasteiger partial charge in [0.2, 0.25) is 0 Å². The maximum atomic E-state index is 11.1. The lowest BCUT2D eigenvalue weighted by Gasteiger charge is -2.34. The number of rotatable bonds is 2. The van der Waals surface area contributed by atoms with Gasteiger partial charge in [0, 0.05) is 25.2 Å². The highest BCUT2D eigenvalue weighted by molar-refractivity contribution is 7.91. The molecule has 2 fully saturated rings. The van der Waals surface area contributed by atoms with Crippen molar-refractivity contribution in [3.05, 3.63) is 0 Å². The van der Waals surface area contributed by atoms with Crippen LogP contribution in [0.15, 0.2) is 0 Å². The third-order valence-electron chi connectivity index (χ3n) is 2.81. The molecule has 13 heavy (non-hydrogen) atoms. The van der Waals surface area contributed by atoms with Crippen LogP contribution in [0.1, 0.15) is 12.8 Å². The predicted molar refractivity (Wildman–Crippen MR) is 51.5 cm³/mol. The van der Waals surface area contributed by atoms with Crippen molar-refractivity contribution in [1.29, 1.82) is 0 Å². The Morgan fingerprint density at radius 3 is 2.15 bits per heavy atom. The number of nitrogens with one attached hydrogen (secondary N) is 2. The quantitative estimate of drug-likeness (QED) is 0.613. The first-order chi connectivity index (χ1) is 6.16. The van der Waals surface area contributed by atoms with Crippen molar-refractivity contribution in [3.63, 3.8) is 0 Å². The highest BCUT2D eigenvalue weighted by Gasteiger charge is 2.26. The van der Waals surface area contributed by atoms with Crippen LogP contribution in [-0.2, 0) is 9.84 Å². The van der Waals surface area contributed by atoms with Gasteiger partial charge in [-0.05, 0) is 12.8 Å². The van der Waals surface area contributed by atoms with Crippen LogP contribution in [0.5, 0.6) is 0 Å². The molecular weight excluding hydrogens is 188 g/mol. The molecule has 0 aromatic rings. The molecule has 76 valence electrons. The third-order valence-corrected chi connectivity index (χ3v) is 4.52. The van der Waals surface area contributed by atoms with Gasteiger partial charge in [-0.25, -0.2) is 8.42 Å². The zero-order valence-corrected chi connectivity index (χ0v) is 8.44. The molecule has 0 aromatic carbocycles. The molecule has 2 aliphatic heterocycles. The Morgan fingerprint density at radius 2 is 1.69 bits per heavy atom. The van der Waals surface area contributed by atoms with Crippen LogP contribution >= 0.6 is 0 Å². The maximum absolute atomic E-state index is 11.1. The Labute approximate surface area is 79.0 Å². The van der Waals surface area contributed by atoms with Crippen molar-refractivity contribution in [2.45, 2.75) is 24.9 Å². The highest BCUT2D eigenvalue weighted by Crippen LogP contribution is 2.13. The van der Waals surface area contributed by atoms with E-state index in [1.807, 2.05) is 0 Å². The monoisotopic (exact) mass is 204 g/mol. The fourth-order valence-corrected chi connectivity index (χ4v) is 3.29. The zero-order chi connectivity index (χ0) is 9.31. The Hall–Kier alpha value is -0.130. The molecular formula is C8H16N2O2S. The minimum absolute atomic E-state index is 0.366. The van der Waals surface area contributed by atoms with Gasteiger partial charge >= 0.3 is 0 Å². The van der Waals surface area contributed by atoms with Crippen LogP contribution in [0.25, 0.3) is 0 Å². The smallest absolute Gasteiger partial charge is 0.150 e. The summed E-state index contributed by atoms with van der Waals surface area (Å²) in [6.45, 7) is 2.06. The molecule has 2 rings (SSSR count). The molecule has 0 spiro atoms. The summed E-state index contributed by atoms with van der Waals surface area (Å²) in [4.78, 5) is 0. The van der Waals surface area contributed by atoms with Crippen LogP contribution in [0.2, 0.25) is 0 Å². The molecule has 5 heteroatoms. The fourth-order valence-electron chi connectivity index (χ4n) is 1.80. The molecule has 0 aromatic heterocycles. The first kappa shape index (κ1) is 9.43. The van der Waals surface area contributed by atoms with Gasteiger partial charge in [0.05, 0.1) is 11.5 Å². The lowest BCUT2D eigenvalue weighted by Crippen LogP contribution is -2.58.